The summed E-state index contributed by atoms with van der Waals surface area (Å²) in [5.41, 5.74) is 7.91. The lowest BCUT2D eigenvalue weighted by Gasteiger charge is -2.28. The van der Waals surface area contributed by atoms with Crippen molar-refractivity contribution in [1.29, 1.82) is 0 Å². The molecule has 0 aliphatic carbocycles. The van der Waals surface area contributed by atoms with Gasteiger partial charge in [-0.15, -0.1) is 10.2 Å². The number of hydrogen-bond donors (Lipinski definition) is 2. The number of aromatic hydroxyl groups is 1. The second-order valence-corrected chi connectivity index (χ2v) is 5.63. The maximum absolute atomic E-state index is 11.6. The van der Waals surface area contributed by atoms with Crippen LogP contribution >= 0.6 is 11.6 Å². The third-order valence-corrected chi connectivity index (χ3v) is 3.94. The fraction of sp³-hybridized carbons (Fsp3) is 0.188. The van der Waals surface area contributed by atoms with Crippen molar-refractivity contribution in [3.05, 3.63) is 52.7 Å². The molecule has 1 aliphatic rings. The Balaban J connectivity index is 1.84. The number of halogens is 1. The van der Waals surface area contributed by atoms with Crippen LogP contribution in [0.3, 0.4) is 0 Å². The van der Waals surface area contributed by atoms with E-state index in [2.05, 4.69) is 16.3 Å². The average molecular weight is 331 g/mol. The van der Waals surface area contributed by atoms with Gasteiger partial charge < -0.3 is 15.7 Å². The van der Waals surface area contributed by atoms with Gasteiger partial charge in [-0.1, -0.05) is 29.8 Å². The standard InChI is InChI=1S/C16H15ClN4O2/c17-14-9-13(15(18)23)16(20-19-14)21-7-5-11(6-8-21)10-1-3-12(22)4-2-10/h1-5,9,22H,6-8H2,(H2,18,23). The fourth-order valence-corrected chi connectivity index (χ4v) is 2.72. The highest BCUT2D eigenvalue weighted by molar-refractivity contribution is 6.29. The lowest BCUT2D eigenvalue weighted by atomic mass is 9.99. The lowest BCUT2D eigenvalue weighted by Crippen LogP contribution is -2.31. The molecule has 1 aromatic heterocycles. The van der Waals surface area contributed by atoms with Crippen LogP contribution < -0.4 is 10.6 Å². The molecule has 3 rings (SSSR count). The number of phenolic OH excluding ortho intramolecular Hbond substituents is 1. The van der Waals surface area contributed by atoms with Crippen molar-refractivity contribution >= 4 is 28.9 Å². The average Bonchev–Trinajstić information content (AvgIpc) is 2.56. The number of aromatic nitrogens is 2. The van der Waals surface area contributed by atoms with Gasteiger partial charge >= 0.3 is 0 Å². The van der Waals surface area contributed by atoms with Crippen LogP contribution in [-0.2, 0) is 0 Å². The number of nitrogens with two attached hydrogens (primary N) is 1. The number of anilines is 1. The first-order chi connectivity index (χ1) is 11.0. The van der Waals surface area contributed by atoms with E-state index in [0.29, 0.717) is 18.9 Å². The smallest absolute Gasteiger partial charge is 0.252 e. The van der Waals surface area contributed by atoms with Gasteiger partial charge in [-0.05, 0) is 35.8 Å². The number of hydrogen-bond acceptors (Lipinski definition) is 5. The van der Waals surface area contributed by atoms with E-state index in [1.807, 2.05) is 17.0 Å². The number of benzene rings is 1. The van der Waals surface area contributed by atoms with Gasteiger partial charge in [0, 0.05) is 13.1 Å². The molecule has 2 heterocycles. The zero-order chi connectivity index (χ0) is 16.4. The second-order valence-electron chi connectivity index (χ2n) is 5.24. The summed E-state index contributed by atoms with van der Waals surface area (Å²) in [5, 5.41) is 17.3. The van der Waals surface area contributed by atoms with Gasteiger partial charge in [0.2, 0.25) is 0 Å². The fourth-order valence-electron chi connectivity index (χ4n) is 2.58. The predicted molar refractivity (Wildman–Crippen MR) is 88.5 cm³/mol. The van der Waals surface area contributed by atoms with Crippen molar-refractivity contribution in [3.63, 3.8) is 0 Å². The molecule has 7 heteroatoms. The molecule has 0 fully saturated rings. The molecule has 0 unspecified atom stereocenters. The van der Waals surface area contributed by atoms with E-state index in [1.165, 1.54) is 11.6 Å². The highest BCUT2D eigenvalue weighted by Crippen LogP contribution is 2.27. The number of amides is 1. The third kappa shape index (κ3) is 3.27. The quantitative estimate of drug-likeness (QED) is 0.900. The van der Waals surface area contributed by atoms with Crippen molar-refractivity contribution in [1.82, 2.24) is 10.2 Å². The van der Waals surface area contributed by atoms with Crippen LogP contribution in [0.25, 0.3) is 5.57 Å². The Hall–Kier alpha value is -2.60. The Kier molecular flexibility index (Phi) is 4.16. The van der Waals surface area contributed by atoms with Crippen LogP contribution in [0, 0.1) is 0 Å². The first-order valence-electron chi connectivity index (χ1n) is 7.11. The topological polar surface area (TPSA) is 92.3 Å². The SMILES string of the molecule is NC(=O)c1cc(Cl)nnc1N1CC=C(c2ccc(O)cc2)CC1. The Labute approximate surface area is 138 Å². The molecule has 1 amide bonds. The molecule has 118 valence electrons. The first kappa shape index (κ1) is 15.3. The van der Waals surface area contributed by atoms with E-state index in [-0.39, 0.29) is 16.5 Å². The molecule has 3 N–H and O–H groups in total. The first-order valence-corrected chi connectivity index (χ1v) is 7.49. The van der Waals surface area contributed by atoms with Crippen molar-refractivity contribution in [2.75, 3.05) is 18.0 Å². The van der Waals surface area contributed by atoms with E-state index in [9.17, 15) is 9.90 Å². The van der Waals surface area contributed by atoms with E-state index in [1.54, 1.807) is 12.1 Å². The number of rotatable bonds is 3. The number of nitrogens with zero attached hydrogens (tertiary/aromatic N) is 3. The van der Waals surface area contributed by atoms with Crippen molar-refractivity contribution in [2.45, 2.75) is 6.42 Å². The Morgan fingerprint density at radius 1 is 1.26 bits per heavy atom. The largest absolute Gasteiger partial charge is 0.508 e. The van der Waals surface area contributed by atoms with Gasteiger partial charge in [0.1, 0.15) is 5.75 Å². The molecule has 0 atom stereocenters. The van der Waals surface area contributed by atoms with Crippen LogP contribution in [0.1, 0.15) is 22.3 Å². The van der Waals surface area contributed by atoms with E-state index < -0.39 is 5.91 Å². The number of primary amides is 1. The van der Waals surface area contributed by atoms with E-state index >= 15 is 0 Å². The van der Waals surface area contributed by atoms with E-state index in [0.717, 1.165) is 12.0 Å². The normalized spacial score (nSPS) is 14.5. The minimum atomic E-state index is -0.579. The van der Waals surface area contributed by atoms with Crippen molar-refractivity contribution in [2.24, 2.45) is 5.73 Å². The van der Waals surface area contributed by atoms with Gasteiger partial charge in [-0.25, -0.2) is 0 Å². The summed E-state index contributed by atoms with van der Waals surface area (Å²) in [5.74, 6) is 0.113. The molecule has 2 aromatic rings. The summed E-state index contributed by atoms with van der Waals surface area (Å²) in [4.78, 5) is 13.5. The zero-order valence-corrected chi connectivity index (χ0v) is 13.0. The summed E-state index contributed by atoms with van der Waals surface area (Å²) in [6.07, 6.45) is 2.85. The van der Waals surface area contributed by atoms with Gasteiger partial charge in [-0.3, -0.25) is 4.79 Å². The van der Waals surface area contributed by atoms with Crippen molar-refractivity contribution < 1.29 is 9.90 Å². The minimum absolute atomic E-state index is 0.139. The Bertz CT molecular complexity index is 774. The molecule has 0 radical (unpaired) electrons. The monoisotopic (exact) mass is 330 g/mol. The third-order valence-electron chi connectivity index (χ3n) is 3.76. The van der Waals surface area contributed by atoms with E-state index in [4.69, 9.17) is 17.3 Å². The lowest BCUT2D eigenvalue weighted by molar-refractivity contribution is 0.1000. The van der Waals surface area contributed by atoms with Crippen LogP contribution in [0.2, 0.25) is 5.15 Å². The molecule has 0 bridgehead atoms. The summed E-state index contributed by atoms with van der Waals surface area (Å²) in [7, 11) is 0. The molecule has 1 aliphatic heterocycles. The molecule has 23 heavy (non-hydrogen) atoms. The number of phenols is 1. The number of carbonyl (C=O) groups is 1. The Morgan fingerprint density at radius 3 is 2.61 bits per heavy atom. The van der Waals surface area contributed by atoms with Gasteiger partial charge in [0.05, 0.1) is 5.56 Å². The maximum atomic E-state index is 11.6. The zero-order valence-electron chi connectivity index (χ0n) is 12.2. The highest BCUT2D eigenvalue weighted by Gasteiger charge is 2.20. The Morgan fingerprint density at radius 2 is 2.00 bits per heavy atom. The summed E-state index contributed by atoms with van der Waals surface area (Å²) >= 11 is 5.78. The van der Waals surface area contributed by atoms with Crippen LogP contribution in [0.5, 0.6) is 5.75 Å². The van der Waals surface area contributed by atoms with Crippen molar-refractivity contribution in [3.8, 4) is 5.75 Å². The predicted octanol–water partition coefficient (Wildman–Crippen LogP) is 2.23. The molecular formula is C16H15ClN4O2. The molecule has 0 saturated heterocycles. The van der Waals surface area contributed by atoms with Gasteiger partial charge in [0.25, 0.3) is 5.91 Å². The minimum Gasteiger partial charge on any atom is -0.508 e. The maximum Gasteiger partial charge on any atom is 0.252 e. The molecule has 1 aromatic carbocycles. The molecule has 0 saturated carbocycles. The molecule has 6 nitrogen and oxygen atoms in total. The van der Waals surface area contributed by atoms with Crippen LogP contribution in [0.4, 0.5) is 5.82 Å². The number of carbonyl (C=O) groups excluding carboxylic acids is 1. The molecule has 0 spiro atoms. The second kappa shape index (κ2) is 6.26. The van der Waals surface area contributed by atoms with Crippen LogP contribution in [-0.4, -0.2) is 34.3 Å². The summed E-state index contributed by atoms with van der Waals surface area (Å²) < 4.78 is 0. The van der Waals surface area contributed by atoms with Gasteiger partial charge in [-0.2, -0.15) is 0 Å². The molecular weight excluding hydrogens is 316 g/mol. The summed E-state index contributed by atoms with van der Waals surface area (Å²) in [6.45, 7) is 1.27. The van der Waals surface area contributed by atoms with Gasteiger partial charge in [0.15, 0.2) is 11.0 Å². The highest BCUT2D eigenvalue weighted by atomic mass is 35.5. The van der Waals surface area contributed by atoms with Crippen LogP contribution in [0.15, 0.2) is 36.4 Å². The summed E-state index contributed by atoms with van der Waals surface area (Å²) in [6, 6.07) is 8.53.